The smallest absolute Gasteiger partial charge is 0.122 e. The summed E-state index contributed by atoms with van der Waals surface area (Å²) in [7, 11) is 0. The van der Waals surface area contributed by atoms with Gasteiger partial charge in [-0.15, -0.1) is 17.0 Å². The number of benzene rings is 1. The van der Waals surface area contributed by atoms with Gasteiger partial charge in [0.15, 0.2) is 0 Å². The summed E-state index contributed by atoms with van der Waals surface area (Å²) >= 11 is 0. The molecule has 2 atom stereocenters. The zero-order valence-corrected chi connectivity index (χ0v) is 13.0. The van der Waals surface area contributed by atoms with E-state index in [1.54, 1.807) is 0 Å². The maximum absolute atomic E-state index is 9.98. The Hall–Kier alpha value is -0.740. The number of aromatic hydroxyl groups is 2. The minimum absolute atomic E-state index is 0. The SMILES string of the molecule is Br.CCN1CCC[C@H]2c3cc(O)cc(O)c3CC[C@H]21. The van der Waals surface area contributed by atoms with Gasteiger partial charge in [-0.25, -0.2) is 0 Å². The average molecular weight is 328 g/mol. The molecule has 1 aromatic rings. The molecular weight excluding hydrogens is 306 g/mol. The molecule has 0 radical (unpaired) electrons. The lowest BCUT2D eigenvalue weighted by Crippen LogP contribution is -2.46. The fraction of sp³-hybridized carbons (Fsp3) is 0.600. The molecule has 0 amide bonds. The van der Waals surface area contributed by atoms with Gasteiger partial charge in [-0.3, -0.25) is 0 Å². The number of piperidine rings is 1. The van der Waals surface area contributed by atoms with Crippen molar-refractivity contribution in [2.45, 2.75) is 44.6 Å². The van der Waals surface area contributed by atoms with Gasteiger partial charge in [-0.2, -0.15) is 0 Å². The van der Waals surface area contributed by atoms with Crippen LogP contribution in [0.5, 0.6) is 11.5 Å². The summed E-state index contributed by atoms with van der Waals surface area (Å²) in [5.74, 6) is 0.957. The van der Waals surface area contributed by atoms with Crippen molar-refractivity contribution in [3.05, 3.63) is 23.3 Å². The molecule has 1 aliphatic carbocycles. The largest absolute Gasteiger partial charge is 0.508 e. The topological polar surface area (TPSA) is 43.7 Å². The molecular formula is C15H22BrNO2. The molecule has 3 rings (SSSR count). The van der Waals surface area contributed by atoms with Crippen LogP contribution in [0.2, 0.25) is 0 Å². The zero-order valence-electron chi connectivity index (χ0n) is 11.3. The number of phenols is 2. The fourth-order valence-corrected chi connectivity index (χ4v) is 3.82. The van der Waals surface area contributed by atoms with Crippen molar-refractivity contribution in [2.75, 3.05) is 13.1 Å². The van der Waals surface area contributed by atoms with Crippen LogP contribution in [0.4, 0.5) is 0 Å². The Morgan fingerprint density at radius 3 is 2.79 bits per heavy atom. The van der Waals surface area contributed by atoms with Crippen LogP contribution >= 0.6 is 17.0 Å². The maximum Gasteiger partial charge on any atom is 0.122 e. The first-order valence-corrected chi connectivity index (χ1v) is 6.99. The molecule has 1 saturated heterocycles. The van der Waals surface area contributed by atoms with E-state index in [-0.39, 0.29) is 28.5 Å². The highest BCUT2D eigenvalue weighted by molar-refractivity contribution is 8.93. The summed E-state index contributed by atoms with van der Waals surface area (Å²) in [4.78, 5) is 2.55. The summed E-state index contributed by atoms with van der Waals surface area (Å²) in [5, 5.41) is 19.7. The Kier molecular flexibility index (Phi) is 4.41. The van der Waals surface area contributed by atoms with Crippen LogP contribution in [0.3, 0.4) is 0 Å². The van der Waals surface area contributed by atoms with Crippen molar-refractivity contribution in [1.29, 1.82) is 0 Å². The van der Waals surface area contributed by atoms with Crippen LogP contribution in [-0.4, -0.2) is 34.2 Å². The molecule has 0 saturated carbocycles. The minimum Gasteiger partial charge on any atom is -0.508 e. The van der Waals surface area contributed by atoms with Crippen molar-refractivity contribution < 1.29 is 10.2 Å². The summed E-state index contributed by atoms with van der Waals surface area (Å²) in [6.45, 7) is 4.51. The number of fused-ring (bicyclic) bond motifs is 3. The Bertz CT molecular complexity index is 464. The Labute approximate surface area is 125 Å². The van der Waals surface area contributed by atoms with Gasteiger partial charge >= 0.3 is 0 Å². The number of hydrogen-bond donors (Lipinski definition) is 2. The molecule has 0 unspecified atom stereocenters. The van der Waals surface area contributed by atoms with Crippen LogP contribution in [0.1, 0.15) is 43.2 Å². The highest BCUT2D eigenvalue weighted by Gasteiger charge is 2.36. The van der Waals surface area contributed by atoms with Crippen LogP contribution in [0.15, 0.2) is 12.1 Å². The number of likely N-dealkylation sites (tertiary alicyclic amines) is 1. The first kappa shape index (κ1) is 14.7. The van der Waals surface area contributed by atoms with Crippen molar-refractivity contribution in [3.8, 4) is 11.5 Å². The number of nitrogens with zero attached hydrogens (tertiary/aromatic N) is 1. The summed E-state index contributed by atoms with van der Waals surface area (Å²) in [6, 6.07) is 3.93. The molecule has 1 aromatic carbocycles. The van der Waals surface area contributed by atoms with E-state index < -0.39 is 0 Å². The predicted molar refractivity (Wildman–Crippen MR) is 81.4 cm³/mol. The standard InChI is InChI=1S/C15H21NO2.BrH/c1-2-16-7-3-4-11-13-8-10(17)9-15(18)12(13)5-6-14(11)16;/h8-9,11,14,17-18H,2-7H2,1H3;1H/t11-,14+;/m0./s1. The first-order valence-electron chi connectivity index (χ1n) is 6.99. The van der Waals surface area contributed by atoms with Gasteiger partial charge < -0.3 is 15.1 Å². The van der Waals surface area contributed by atoms with Gasteiger partial charge in [0, 0.05) is 18.0 Å². The van der Waals surface area contributed by atoms with E-state index in [0.717, 1.165) is 24.9 Å². The van der Waals surface area contributed by atoms with Gasteiger partial charge in [0.2, 0.25) is 0 Å². The second-order valence-electron chi connectivity index (χ2n) is 5.52. The highest BCUT2D eigenvalue weighted by atomic mass is 79.9. The monoisotopic (exact) mass is 327 g/mol. The lowest BCUT2D eigenvalue weighted by atomic mass is 9.74. The minimum atomic E-state index is 0. The second-order valence-corrected chi connectivity index (χ2v) is 5.52. The number of likely N-dealkylation sites (N-methyl/N-ethyl adjacent to an activating group) is 1. The number of phenolic OH excluding ortho intramolecular Hbond substituents is 2. The molecule has 106 valence electrons. The maximum atomic E-state index is 9.98. The van der Waals surface area contributed by atoms with E-state index in [2.05, 4.69) is 11.8 Å². The van der Waals surface area contributed by atoms with E-state index in [1.807, 2.05) is 6.07 Å². The van der Waals surface area contributed by atoms with Crippen molar-refractivity contribution >= 4 is 17.0 Å². The molecule has 4 heteroatoms. The predicted octanol–water partition coefficient (Wildman–Crippen LogP) is 3.19. The number of hydrogen-bond acceptors (Lipinski definition) is 3. The fourth-order valence-electron chi connectivity index (χ4n) is 3.82. The van der Waals surface area contributed by atoms with Crippen LogP contribution in [-0.2, 0) is 6.42 Å². The molecule has 3 nitrogen and oxygen atoms in total. The summed E-state index contributed by atoms with van der Waals surface area (Å²) in [5.41, 5.74) is 2.24. The van der Waals surface area contributed by atoms with E-state index >= 15 is 0 Å². The summed E-state index contributed by atoms with van der Waals surface area (Å²) < 4.78 is 0. The third-order valence-electron chi connectivity index (χ3n) is 4.64. The van der Waals surface area contributed by atoms with Gasteiger partial charge in [0.25, 0.3) is 0 Å². The molecule has 1 aliphatic heterocycles. The first-order chi connectivity index (χ1) is 8.70. The van der Waals surface area contributed by atoms with Crippen molar-refractivity contribution in [3.63, 3.8) is 0 Å². The lowest BCUT2D eigenvalue weighted by Gasteiger charge is -2.44. The Morgan fingerprint density at radius 2 is 2.05 bits per heavy atom. The van der Waals surface area contributed by atoms with Gasteiger partial charge in [0.05, 0.1) is 0 Å². The molecule has 0 bridgehead atoms. The molecule has 0 aromatic heterocycles. The van der Waals surface area contributed by atoms with Gasteiger partial charge in [-0.05, 0) is 56.0 Å². The number of halogens is 1. The van der Waals surface area contributed by atoms with E-state index in [9.17, 15) is 10.2 Å². The normalized spacial score (nSPS) is 26.2. The third-order valence-corrected chi connectivity index (χ3v) is 4.64. The molecule has 2 N–H and O–H groups in total. The third kappa shape index (κ3) is 2.48. The zero-order chi connectivity index (χ0) is 12.7. The molecule has 1 heterocycles. The van der Waals surface area contributed by atoms with Gasteiger partial charge in [0.1, 0.15) is 11.5 Å². The highest BCUT2D eigenvalue weighted by Crippen LogP contribution is 2.44. The molecule has 0 spiro atoms. The average Bonchev–Trinajstić information content (AvgIpc) is 2.37. The van der Waals surface area contributed by atoms with E-state index in [4.69, 9.17) is 0 Å². The van der Waals surface area contributed by atoms with Gasteiger partial charge in [-0.1, -0.05) is 6.92 Å². The quantitative estimate of drug-likeness (QED) is 0.832. The van der Waals surface area contributed by atoms with Crippen LogP contribution in [0, 0.1) is 0 Å². The van der Waals surface area contributed by atoms with Crippen LogP contribution in [0.25, 0.3) is 0 Å². The lowest BCUT2D eigenvalue weighted by molar-refractivity contribution is 0.118. The van der Waals surface area contributed by atoms with E-state index in [0.29, 0.717) is 12.0 Å². The molecule has 1 fully saturated rings. The second kappa shape index (κ2) is 5.71. The van der Waals surface area contributed by atoms with Crippen LogP contribution < -0.4 is 0 Å². The van der Waals surface area contributed by atoms with Crippen molar-refractivity contribution in [1.82, 2.24) is 4.90 Å². The van der Waals surface area contributed by atoms with E-state index in [1.165, 1.54) is 31.0 Å². The van der Waals surface area contributed by atoms with Crippen molar-refractivity contribution in [2.24, 2.45) is 0 Å². The number of rotatable bonds is 1. The molecule has 2 aliphatic rings. The summed E-state index contributed by atoms with van der Waals surface area (Å²) in [6.07, 6.45) is 4.45. The Balaban J connectivity index is 0.00000133. The Morgan fingerprint density at radius 1 is 1.26 bits per heavy atom. The molecule has 19 heavy (non-hydrogen) atoms.